The molecule has 3 aromatic rings. The fourth-order valence-electron chi connectivity index (χ4n) is 5.11. The van der Waals surface area contributed by atoms with Crippen LogP contribution in [0.15, 0.2) is 42.5 Å². The van der Waals surface area contributed by atoms with E-state index in [0.717, 1.165) is 36.0 Å². The molecule has 0 bridgehead atoms. The summed E-state index contributed by atoms with van der Waals surface area (Å²) in [7, 11) is -0.0730. The highest BCUT2D eigenvalue weighted by molar-refractivity contribution is 6.63. The average Bonchev–Trinajstić information content (AvgIpc) is 3.48. The topological polar surface area (TPSA) is 104 Å². The Hall–Kier alpha value is -2.62. The van der Waals surface area contributed by atoms with Crippen molar-refractivity contribution in [2.45, 2.75) is 37.8 Å². The monoisotopic (exact) mass is 525 g/mol. The Morgan fingerprint density at radius 1 is 1.08 bits per heavy atom. The summed E-state index contributed by atoms with van der Waals surface area (Å²) in [5.41, 5.74) is 5.09. The van der Waals surface area contributed by atoms with Crippen molar-refractivity contribution in [3.8, 4) is 28.3 Å². The Balaban J connectivity index is 1.47. The van der Waals surface area contributed by atoms with E-state index in [4.69, 9.17) is 32.9 Å². The molecule has 1 amide bonds. The minimum atomic E-state index is -1.69. The predicted molar refractivity (Wildman–Crippen MR) is 142 cm³/mol. The summed E-state index contributed by atoms with van der Waals surface area (Å²) in [6.07, 6.45) is 3.21. The lowest BCUT2D eigenvalue weighted by atomic mass is 9.79. The molecule has 7 nitrogen and oxygen atoms in total. The first-order chi connectivity index (χ1) is 17.4. The van der Waals surface area contributed by atoms with Gasteiger partial charge in [-0.15, -0.1) is 0 Å². The normalized spacial score (nSPS) is 18.8. The molecule has 186 valence electrons. The van der Waals surface area contributed by atoms with Gasteiger partial charge >= 0.3 is 7.12 Å². The molecule has 5 rings (SSSR count). The molecule has 0 unspecified atom stereocenters. The molecule has 1 aromatic heterocycles. The fraction of sp³-hybridized carbons (Fsp3) is 0.308. The second-order valence-corrected chi connectivity index (χ2v) is 9.90. The standard InChI is InChI=1S/C26H26BCl2N3O4/c1-36-26-23-14(8-10-20(23)30-13-15-9-11-22(33)31-15)12-21(32-26)18-6-2-4-16(24(18)28)17-5-3-7-19(25(17)29)27(34)35/h2-7,12,15,20,30,34-35H,8-11,13H2,1H3,(H,31,33)/t15-,20-/m0/s1. The average molecular weight is 526 g/mol. The number of aromatic nitrogens is 1. The van der Waals surface area contributed by atoms with Crippen LogP contribution in [0.4, 0.5) is 0 Å². The van der Waals surface area contributed by atoms with Gasteiger partial charge < -0.3 is 25.4 Å². The number of pyridine rings is 1. The molecule has 2 aliphatic rings. The van der Waals surface area contributed by atoms with E-state index in [9.17, 15) is 14.8 Å². The lowest BCUT2D eigenvalue weighted by Gasteiger charge is -2.20. The molecule has 2 aromatic carbocycles. The van der Waals surface area contributed by atoms with Crippen molar-refractivity contribution in [2.75, 3.05) is 13.7 Å². The molecule has 2 heterocycles. The molecule has 2 atom stereocenters. The highest BCUT2D eigenvalue weighted by Crippen LogP contribution is 2.42. The molecule has 36 heavy (non-hydrogen) atoms. The van der Waals surface area contributed by atoms with E-state index in [2.05, 4.69) is 16.7 Å². The summed E-state index contributed by atoms with van der Waals surface area (Å²) in [4.78, 5) is 16.3. The van der Waals surface area contributed by atoms with Crippen LogP contribution < -0.4 is 20.8 Å². The van der Waals surface area contributed by atoms with Gasteiger partial charge in [-0.2, -0.15) is 0 Å². The Morgan fingerprint density at radius 3 is 2.50 bits per heavy atom. The number of nitrogens with zero attached hydrogens (tertiary/aromatic N) is 1. The molecule has 0 spiro atoms. The quantitative estimate of drug-likeness (QED) is 0.353. The summed E-state index contributed by atoms with van der Waals surface area (Å²) >= 11 is 13.4. The Labute approximate surface area is 220 Å². The summed E-state index contributed by atoms with van der Waals surface area (Å²) in [6, 6.07) is 13.0. The number of halogens is 2. The molecule has 10 heteroatoms. The molecule has 1 aliphatic carbocycles. The molecule has 1 aliphatic heterocycles. The largest absolute Gasteiger partial charge is 0.489 e. The van der Waals surface area contributed by atoms with Crippen LogP contribution in [0, 0.1) is 0 Å². The number of hydrogen-bond acceptors (Lipinski definition) is 6. The SMILES string of the molecule is COc1nc(-c2cccc(-c3cccc(B(O)O)c3Cl)c2Cl)cc2c1[C@@H](NC[C@@H]1CCC(=O)N1)CC2. The highest BCUT2D eigenvalue weighted by Gasteiger charge is 2.30. The third-order valence-electron chi connectivity index (χ3n) is 6.92. The van der Waals surface area contributed by atoms with Crippen LogP contribution in [0.25, 0.3) is 22.4 Å². The number of hydrogen-bond donors (Lipinski definition) is 4. The maximum atomic E-state index is 11.5. The van der Waals surface area contributed by atoms with Crippen molar-refractivity contribution in [1.29, 1.82) is 0 Å². The van der Waals surface area contributed by atoms with Gasteiger partial charge in [0.15, 0.2) is 0 Å². The Kier molecular flexibility index (Phi) is 7.24. The maximum absolute atomic E-state index is 11.5. The van der Waals surface area contributed by atoms with Gasteiger partial charge in [-0.3, -0.25) is 4.79 Å². The second-order valence-electron chi connectivity index (χ2n) is 9.14. The summed E-state index contributed by atoms with van der Waals surface area (Å²) < 4.78 is 5.71. The highest BCUT2D eigenvalue weighted by atomic mass is 35.5. The minimum absolute atomic E-state index is 0.0993. The molecular weight excluding hydrogens is 500 g/mol. The predicted octanol–water partition coefficient (Wildman–Crippen LogP) is 3.27. The lowest BCUT2D eigenvalue weighted by Crippen LogP contribution is -2.36. The van der Waals surface area contributed by atoms with E-state index in [0.29, 0.717) is 40.7 Å². The van der Waals surface area contributed by atoms with Crippen LogP contribution >= 0.6 is 23.2 Å². The maximum Gasteiger partial charge on any atom is 0.489 e. The molecule has 4 N–H and O–H groups in total. The van der Waals surface area contributed by atoms with Crippen LogP contribution in [0.3, 0.4) is 0 Å². The zero-order valence-electron chi connectivity index (χ0n) is 19.7. The van der Waals surface area contributed by atoms with Gasteiger partial charge in [0, 0.05) is 57.8 Å². The van der Waals surface area contributed by atoms with Crippen LogP contribution in [-0.4, -0.2) is 47.8 Å². The lowest BCUT2D eigenvalue weighted by molar-refractivity contribution is -0.119. The third kappa shape index (κ3) is 4.72. The summed E-state index contributed by atoms with van der Waals surface area (Å²) in [5.74, 6) is 0.662. The van der Waals surface area contributed by atoms with Crippen molar-refractivity contribution < 1.29 is 19.6 Å². The zero-order chi connectivity index (χ0) is 25.4. The van der Waals surface area contributed by atoms with Crippen LogP contribution in [-0.2, 0) is 11.2 Å². The molecule has 1 saturated heterocycles. The number of fused-ring (bicyclic) bond motifs is 1. The number of nitrogens with one attached hydrogen (secondary N) is 2. The van der Waals surface area contributed by atoms with E-state index in [1.54, 1.807) is 25.3 Å². The fourth-order valence-corrected chi connectivity index (χ4v) is 5.76. The van der Waals surface area contributed by atoms with Crippen molar-refractivity contribution in [2.24, 2.45) is 0 Å². The van der Waals surface area contributed by atoms with E-state index in [1.807, 2.05) is 18.2 Å². The van der Waals surface area contributed by atoms with Gasteiger partial charge in [-0.05, 0) is 30.9 Å². The second kappa shape index (κ2) is 10.4. The summed E-state index contributed by atoms with van der Waals surface area (Å²) in [6.45, 7) is 0.705. The number of carbonyl (C=O) groups excluding carboxylic acids is 1. The minimum Gasteiger partial charge on any atom is -0.481 e. The zero-order valence-corrected chi connectivity index (χ0v) is 21.2. The number of rotatable bonds is 7. The number of carbonyl (C=O) groups is 1. The van der Waals surface area contributed by atoms with E-state index < -0.39 is 7.12 Å². The van der Waals surface area contributed by atoms with Gasteiger partial charge in [-0.25, -0.2) is 4.98 Å². The smallest absolute Gasteiger partial charge is 0.481 e. The van der Waals surface area contributed by atoms with Gasteiger partial charge in [0.1, 0.15) is 0 Å². The van der Waals surface area contributed by atoms with Crippen LogP contribution in [0.5, 0.6) is 5.88 Å². The third-order valence-corrected chi connectivity index (χ3v) is 7.75. The van der Waals surface area contributed by atoms with Crippen molar-refractivity contribution in [1.82, 2.24) is 15.6 Å². The first-order valence-corrected chi connectivity index (χ1v) is 12.7. The number of ether oxygens (including phenoxy) is 1. The number of aryl methyl sites for hydroxylation is 1. The summed E-state index contributed by atoms with van der Waals surface area (Å²) in [5, 5.41) is 26.6. The first-order valence-electron chi connectivity index (χ1n) is 11.9. The molecule has 0 radical (unpaired) electrons. The van der Waals surface area contributed by atoms with E-state index in [-0.39, 0.29) is 28.5 Å². The number of methoxy groups -OCH3 is 1. The first kappa shape index (κ1) is 25.1. The van der Waals surface area contributed by atoms with Gasteiger partial charge in [-0.1, -0.05) is 59.6 Å². The molecule has 0 saturated carbocycles. The molecule has 1 fully saturated rings. The molecular formula is C26H26BCl2N3O4. The Morgan fingerprint density at radius 2 is 1.81 bits per heavy atom. The van der Waals surface area contributed by atoms with Crippen molar-refractivity contribution >= 4 is 41.7 Å². The van der Waals surface area contributed by atoms with Crippen molar-refractivity contribution in [3.05, 3.63) is 63.6 Å². The van der Waals surface area contributed by atoms with E-state index >= 15 is 0 Å². The van der Waals surface area contributed by atoms with Crippen LogP contribution in [0.1, 0.15) is 36.4 Å². The van der Waals surface area contributed by atoms with Gasteiger partial charge in [0.2, 0.25) is 11.8 Å². The van der Waals surface area contributed by atoms with E-state index in [1.165, 1.54) is 0 Å². The van der Waals surface area contributed by atoms with Crippen LogP contribution in [0.2, 0.25) is 10.0 Å². The number of benzene rings is 2. The van der Waals surface area contributed by atoms with Crippen molar-refractivity contribution in [3.63, 3.8) is 0 Å². The number of amides is 1. The van der Waals surface area contributed by atoms with Gasteiger partial charge in [0.25, 0.3) is 0 Å². The Bertz CT molecular complexity index is 1320. The van der Waals surface area contributed by atoms with Gasteiger partial charge in [0.05, 0.1) is 17.8 Å².